The number of hydrogen-bond donors (Lipinski definition) is 1. The first kappa shape index (κ1) is 14.8. The molecule has 0 unspecified atom stereocenters. The van der Waals surface area contributed by atoms with Crippen LogP contribution < -0.4 is 11.1 Å². The van der Waals surface area contributed by atoms with E-state index in [0.29, 0.717) is 22.7 Å². The van der Waals surface area contributed by atoms with E-state index in [1.54, 1.807) is 53.5 Å². The van der Waals surface area contributed by atoms with Crippen molar-refractivity contribution >= 4 is 22.8 Å². The highest BCUT2D eigenvalue weighted by Crippen LogP contribution is 2.12. The van der Waals surface area contributed by atoms with E-state index >= 15 is 0 Å². The molecule has 9 heteroatoms. The van der Waals surface area contributed by atoms with E-state index in [0.717, 1.165) is 0 Å². The van der Waals surface area contributed by atoms with Gasteiger partial charge in [-0.2, -0.15) is 5.10 Å². The molecule has 4 rings (SSSR count). The van der Waals surface area contributed by atoms with Crippen molar-refractivity contribution in [3.8, 4) is 5.82 Å². The number of oxazole rings is 1. The minimum atomic E-state index is -0.587. The quantitative estimate of drug-likeness (QED) is 0.600. The Morgan fingerprint density at radius 3 is 2.92 bits per heavy atom. The van der Waals surface area contributed by atoms with E-state index < -0.39 is 11.7 Å². The number of para-hydroxylation sites is 2. The largest absolute Gasteiger partial charge is 0.420 e. The Hall–Kier alpha value is -3.75. The molecule has 3 aromatic heterocycles. The Morgan fingerprint density at radius 1 is 1.20 bits per heavy atom. The highest BCUT2D eigenvalue weighted by molar-refractivity contribution is 5.90. The van der Waals surface area contributed by atoms with Crippen molar-refractivity contribution in [3.63, 3.8) is 0 Å². The van der Waals surface area contributed by atoms with Gasteiger partial charge in [-0.15, -0.1) is 0 Å². The minimum Gasteiger partial charge on any atom is -0.408 e. The number of carbonyl (C=O) groups is 1. The first-order valence-electron chi connectivity index (χ1n) is 7.41. The smallest absolute Gasteiger partial charge is 0.408 e. The summed E-state index contributed by atoms with van der Waals surface area (Å²) in [6.45, 7) is -0.184. The summed E-state index contributed by atoms with van der Waals surface area (Å²) in [5.74, 6) is -0.164. The van der Waals surface area contributed by atoms with Gasteiger partial charge in [0, 0.05) is 18.5 Å². The Kier molecular flexibility index (Phi) is 3.58. The summed E-state index contributed by atoms with van der Waals surface area (Å²) in [4.78, 5) is 32.3. The Balaban J connectivity index is 1.55. The van der Waals surface area contributed by atoms with Gasteiger partial charge in [-0.25, -0.2) is 19.4 Å². The van der Waals surface area contributed by atoms with Crippen LogP contribution in [0, 0.1) is 0 Å². The molecule has 25 heavy (non-hydrogen) atoms. The molecule has 1 amide bonds. The predicted molar refractivity (Wildman–Crippen MR) is 88.3 cm³/mol. The van der Waals surface area contributed by atoms with E-state index in [1.165, 1.54) is 10.9 Å². The van der Waals surface area contributed by atoms with Crippen LogP contribution in [-0.2, 0) is 11.3 Å². The van der Waals surface area contributed by atoms with Gasteiger partial charge in [-0.1, -0.05) is 12.1 Å². The molecule has 124 valence electrons. The van der Waals surface area contributed by atoms with Gasteiger partial charge in [-0.3, -0.25) is 9.36 Å². The average molecular weight is 336 g/mol. The van der Waals surface area contributed by atoms with Gasteiger partial charge in [0.2, 0.25) is 5.91 Å². The summed E-state index contributed by atoms with van der Waals surface area (Å²) in [5.41, 5.74) is 0.992. The van der Waals surface area contributed by atoms with Crippen molar-refractivity contribution in [2.75, 3.05) is 5.32 Å². The van der Waals surface area contributed by atoms with E-state index in [-0.39, 0.29) is 6.54 Å². The van der Waals surface area contributed by atoms with Gasteiger partial charge >= 0.3 is 5.76 Å². The van der Waals surface area contributed by atoms with E-state index in [4.69, 9.17) is 4.42 Å². The van der Waals surface area contributed by atoms with Crippen LogP contribution in [0.2, 0.25) is 0 Å². The van der Waals surface area contributed by atoms with Gasteiger partial charge < -0.3 is 9.73 Å². The fourth-order valence-electron chi connectivity index (χ4n) is 2.43. The molecule has 0 radical (unpaired) electrons. The second-order valence-electron chi connectivity index (χ2n) is 5.18. The minimum absolute atomic E-state index is 0.184. The Bertz CT molecular complexity index is 1100. The second-order valence-corrected chi connectivity index (χ2v) is 5.18. The van der Waals surface area contributed by atoms with E-state index in [2.05, 4.69) is 20.4 Å². The normalized spacial score (nSPS) is 10.9. The lowest BCUT2D eigenvalue weighted by Crippen LogP contribution is -2.25. The van der Waals surface area contributed by atoms with Crippen LogP contribution in [0.4, 0.5) is 5.82 Å². The lowest BCUT2D eigenvalue weighted by Gasteiger charge is -2.06. The van der Waals surface area contributed by atoms with Gasteiger partial charge in [-0.05, 0) is 18.2 Å². The number of benzene rings is 1. The molecule has 0 bridgehead atoms. The zero-order valence-corrected chi connectivity index (χ0v) is 12.9. The molecule has 0 spiro atoms. The standard InChI is InChI=1S/C16H12N6O3/c23-15(9-21-11-4-1-2-5-12(11)25-16(21)24)20-13-8-14(18-10-17-13)22-7-3-6-19-22/h1-8,10H,9H2,(H,17,18,20,23). The Labute approximate surface area is 140 Å². The van der Waals surface area contributed by atoms with Crippen LogP contribution in [0.15, 0.2) is 64.3 Å². The summed E-state index contributed by atoms with van der Waals surface area (Å²) in [6, 6.07) is 10.3. The number of aromatic nitrogens is 5. The molecule has 0 aliphatic heterocycles. The third-order valence-corrected chi connectivity index (χ3v) is 3.53. The van der Waals surface area contributed by atoms with Crippen LogP contribution in [0.25, 0.3) is 16.9 Å². The lowest BCUT2D eigenvalue weighted by molar-refractivity contribution is -0.116. The average Bonchev–Trinajstić information content (AvgIpc) is 3.24. The summed E-state index contributed by atoms with van der Waals surface area (Å²) in [6.07, 6.45) is 4.67. The first-order chi connectivity index (χ1) is 12.2. The van der Waals surface area contributed by atoms with E-state index in [9.17, 15) is 9.59 Å². The Morgan fingerprint density at radius 2 is 2.08 bits per heavy atom. The highest BCUT2D eigenvalue weighted by Gasteiger charge is 2.13. The number of anilines is 1. The number of rotatable bonds is 4. The fraction of sp³-hybridized carbons (Fsp3) is 0.0625. The molecule has 4 aromatic rings. The topological polar surface area (TPSA) is 108 Å². The monoisotopic (exact) mass is 336 g/mol. The molecule has 0 aliphatic rings. The fourth-order valence-corrected chi connectivity index (χ4v) is 2.43. The van der Waals surface area contributed by atoms with Crippen molar-refractivity contribution < 1.29 is 9.21 Å². The molecule has 9 nitrogen and oxygen atoms in total. The van der Waals surface area contributed by atoms with Crippen LogP contribution in [0.5, 0.6) is 0 Å². The summed E-state index contributed by atoms with van der Waals surface area (Å²) in [5, 5.41) is 6.71. The molecule has 1 N–H and O–H groups in total. The predicted octanol–water partition coefficient (Wildman–Crippen LogP) is 1.21. The molecule has 0 atom stereocenters. The summed E-state index contributed by atoms with van der Waals surface area (Å²) >= 11 is 0. The molecule has 3 heterocycles. The van der Waals surface area contributed by atoms with Gasteiger partial charge in [0.05, 0.1) is 5.52 Å². The number of nitrogens with zero attached hydrogens (tertiary/aromatic N) is 5. The van der Waals surface area contributed by atoms with Crippen molar-refractivity contribution in [1.29, 1.82) is 0 Å². The van der Waals surface area contributed by atoms with Crippen LogP contribution in [0.1, 0.15) is 0 Å². The van der Waals surface area contributed by atoms with Crippen molar-refractivity contribution in [3.05, 3.63) is 65.7 Å². The number of amides is 1. The van der Waals surface area contributed by atoms with Crippen LogP contribution >= 0.6 is 0 Å². The lowest BCUT2D eigenvalue weighted by atomic mass is 10.3. The van der Waals surface area contributed by atoms with Crippen molar-refractivity contribution in [1.82, 2.24) is 24.3 Å². The molecule has 0 saturated heterocycles. The molecular formula is C16H12N6O3. The zero-order valence-electron chi connectivity index (χ0n) is 12.9. The van der Waals surface area contributed by atoms with Gasteiger partial charge in [0.1, 0.15) is 18.7 Å². The second kappa shape index (κ2) is 6.04. The van der Waals surface area contributed by atoms with Crippen LogP contribution in [-0.4, -0.2) is 30.2 Å². The van der Waals surface area contributed by atoms with E-state index in [1.807, 2.05) is 0 Å². The molecular weight excluding hydrogens is 324 g/mol. The number of hydrogen-bond acceptors (Lipinski definition) is 6. The maximum atomic E-state index is 12.3. The van der Waals surface area contributed by atoms with Gasteiger partial charge in [0.25, 0.3) is 0 Å². The SMILES string of the molecule is O=C(Cn1c(=O)oc2ccccc21)Nc1cc(-n2cccn2)ncn1. The van der Waals surface area contributed by atoms with Crippen molar-refractivity contribution in [2.24, 2.45) is 0 Å². The highest BCUT2D eigenvalue weighted by atomic mass is 16.4. The number of fused-ring (bicyclic) bond motifs is 1. The maximum Gasteiger partial charge on any atom is 0.420 e. The molecule has 0 aliphatic carbocycles. The third kappa shape index (κ3) is 2.90. The molecule has 1 aromatic carbocycles. The maximum absolute atomic E-state index is 12.3. The van der Waals surface area contributed by atoms with Crippen molar-refractivity contribution in [2.45, 2.75) is 6.54 Å². The first-order valence-corrected chi connectivity index (χ1v) is 7.41. The number of carbonyl (C=O) groups excluding carboxylic acids is 1. The zero-order chi connectivity index (χ0) is 17.2. The van der Waals surface area contributed by atoms with Crippen LogP contribution in [0.3, 0.4) is 0 Å². The third-order valence-electron chi connectivity index (χ3n) is 3.53. The van der Waals surface area contributed by atoms with Gasteiger partial charge in [0.15, 0.2) is 11.4 Å². The summed E-state index contributed by atoms with van der Waals surface area (Å²) in [7, 11) is 0. The summed E-state index contributed by atoms with van der Waals surface area (Å²) < 4.78 is 7.92. The number of nitrogens with one attached hydrogen (secondary N) is 1. The molecule has 0 saturated carbocycles. The molecule has 0 fully saturated rings.